The van der Waals surface area contributed by atoms with Crippen molar-refractivity contribution in [1.82, 2.24) is 0 Å². The van der Waals surface area contributed by atoms with Crippen LogP contribution in [0.1, 0.15) is 6.92 Å². The van der Waals surface area contributed by atoms with Gasteiger partial charge in [0, 0.05) is 5.02 Å². The Balaban J connectivity index is 2.21. The fourth-order valence-corrected chi connectivity index (χ4v) is 1.33. The number of hydroxylamine groups is 1. The van der Waals surface area contributed by atoms with Gasteiger partial charge in [-0.25, -0.2) is 9.90 Å². The molecule has 0 saturated carbocycles. The van der Waals surface area contributed by atoms with E-state index in [0.717, 1.165) is 12.0 Å². The molecule has 0 spiro atoms. The summed E-state index contributed by atoms with van der Waals surface area (Å²) in [5.74, 6) is 0. The van der Waals surface area contributed by atoms with E-state index in [1.807, 2.05) is 0 Å². The van der Waals surface area contributed by atoms with Crippen molar-refractivity contribution in [3.63, 3.8) is 0 Å². The van der Waals surface area contributed by atoms with Crippen molar-refractivity contribution < 1.29 is 18.0 Å². The molecule has 1 fully saturated rings. The Bertz CT molecular complexity index is 378. The maximum absolute atomic E-state index is 12.4. The largest absolute Gasteiger partial charge is 0.441 e. The molecule has 0 bridgehead atoms. The van der Waals surface area contributed by atoms with E-state index in [2.05, 4.69) is 4.84 Å². The van der Waals surface area contributed by atoms with Gasteiger partial charge in [0.1, 0.15) is 0 Å². The average Bonchev–Trinajstić information content (AvgIpc) is 2.80. The Morgan fingerprint density at radius 2 is 1.80 bits per heavy atom. The van der Waals surface area contributed by atoms with Gasteiger partial charge in [-0.3, -0.25) is 0 Å². The van der Waals surface area contributed by atoms with Crippen molar-refractivity contribution in [2.24, 2.45) is 0 Å². The fourth-order valence-electron chi connectivity index (χ4n) is 1.20. The second-order valence-electron chi connectivity index (χ2n) is 3.34. The van der Waals surface area contributed by atoms with Crippen LogP contribution in [0.5, 0.6) is 0 Å². The van der Waals surface area contributed by atoms with E-state index in [9.17, 15) is 13.2 Å². The van der Waals surface area contributed by atoms with Gasteiger partial charge in [-0.15, -0.1) is 0 Å². The molecule has 6 heteroatoms. The Hall–Kier alpha value is -0.940. The summed E-state index contributed by atoms with van der Waals surface area (Å²) >= 11 is 5.62. The Kier molecular flexibility index (Phi) is 2.13. The van der Waals surface area contributed by atoms with Crippen molar-refractivity contribution in [1.29, 1.82) is 0 Å². The summed E-state index contributed by atoms with van der Waals surface area (Å²) in [6.45, 7) is 0.974. The third-order valence-electron chi connectivity index (χ3n) is 2.21. The van der Waals surface area contributed by atoms with Gasteiger partial charge in [-0.05, 0) is 31.2 Å². The summed E-state index contributed by atoms with van der Waals surface area (Å²) in [4.78, 5) is 4.56. The van der Waals surface area contributed by atoms with Crippen LogP contribution in [0.2, 0.25) is 5.02 Å². The Labute approximate surface area is 89.1 Å². The predicted molar refractivity (Wildman–Crippen MR) is 49.5 cm³/mol. The maximum Gasteiger partial charge on any atom is 0.441 e. The van der Waals surface area contributed by atoms with Crippen molar-refractivity contribution in [3.8, 4) is 0 Å². The molecule has 1 atom stereocenters. The highest BCUT2D eigenvalue weighted by molar-refractivity contribution is 6.30. The highest BCUT2D eigenvalue weighted by Gasteiger charge is 2.70. The molecule has 1 saturated heterocycles. The lowest BCUT2D eigenvalue weighted by molar-refractivity contribution is -0.178. The lowest BCUT2D eigenvalue weighted by atomic mass is 10.2. The first-order valence-corrected chi connectivity index (χ1v) is 4.54. The number of alkyl halides is 3. The second kappa shape index (κ2) is 3.02. The van der Waals surface area contributed by atoms with Crippen LogP contribution in [0, 0.1) is 0 Å². The molecule has 0 unspecified atom stereocenters. The molecule has 0 aromatic heterocycles. The number of hydrogen-bond acceptors (Lipinski definition) is 2. The van der Waals surface area contributed by atoms with E-state index in [0.29, 0.717) is 10.7 Å². The molecule has 1 heterocycles. The summed E-state index contributed by atoms with van der Waals surface area (Å²) in [7, 11) is 0. The maximum atomic E-state index is 12.4. The van der Waals surface area contributed by atoms with Crippen LogP contribution in [-0.4, -0.2) is 11.9 Å². The highest BCUT2D eigenvalue weighted by Crippen LogP contribution is 2.50. The van der Waals surface area contributed by atoms with Crippen LogP contribution in [0.15, 0.2) is 24.3 Å². The molecule has 15 heavy (non-hydrogen) atoms. The molecule has 1 aromatic rings. The van der Waals surface area contributed by atoms with Gasteiger partial charge < -0.3 is 0 Å². The van der Waals surface area contributed by atoms with Crippen LogP contribution in [0.3, 0.4) is 0 Å². The summed E-state index contributed by atoms with van der Waals surface area (Å²) in [5, 5.41) is 1.28. The molecular formula is C9H7ClF3NO. The van der Waals surface area contributed by atoms with Crippen LogP contribution in [0.25, 0.3) is 0 Å². The zero-order valence-electron chi connectivity index (χ0n) is 7.68. The summed E-state index contributed by atoms with van der Waals surface area (Å²) in [6, 6.07) is 5.96. The van der Waals surface area contributed by atoms with E-state index in [-0.39, 0.29) is 0 Å². The number of nitrogens with zero attached hydrogens (tertiary/aromatic N) is 1. The minimum Gasteiger partial charge on any atom is -0.230 e. The van der Waals surface area contributed by atoms with Gasteiger partial charge in [0.2, 0.25) is 0 Å². The van der Waals surface area contributed by atoms with Crippen LogP contribution in [0.4, 0.5) is 18.9 Å². The highest BCUT2D eigenvalue weighted by atomic mass is 35.5. The first kappa shape index (κ1) is 10.6. The number of benzene rings is 1. The molecule has 1 aliphatic heterocycles. The van der Waals surface area contributed by atoms with E-state index in [1.54, 1.807) is 0 Å². The smallest absolute Gasteiger partial charge is 0.230 e. The zero-order valence-corrected chi connectivity index (χ0v) is 8.43. The minimum atomic E-state index is -4.41. The van der Waals surface area contributed by atoms with Gasteiger partial charge in [0.05, 0.1) is 5.69 Å². The second-order valence-corrected chi connectivity index (χ2v) is 3.78. The molecule has 1 aliphatic rings. The fraction of sp³-hybridized carbons (Fsp3) is 0.333. The molecular weight excluding hydrogens is 231 g/mol. The van der Waals surface area contributed by atoms with Crippen molar-refractivity contribution in [3.05, 3.63) is 29.3 Å². The summed E-state index contributed by atoms with van der Waals surface area (Å²) in [5.41, 5.74) is -1.87. The molecule has 1 aromatic carbocycles. The van der Waals surface area contributed by atoms with E-state index < -0.39 is 11.9 Å². The number of halogens is 4. The molecule has 2 rings (SSSR count). The van der Waals surface area contributed by atoms with Gasteiger partial charge in [0.15, 0.2) is 0 Å². The molecule has 0 aliphatic carbocycles. The Morgan fingerprint density at radius 1 is 1.27 bits per heavy atom. The normalized spacial score (nSPS) is 25.5. The summed E-state index contributed by atoms with van der Waals surface area (Å²) < 4.78 is 37.3. The predicted octanol–water partition coefficient (Wildman–Crippen LogP) is 3.37. The topological polar surface area (TPSA) is 15.5 Å². The van der Waals surface area contributed by atoms with E-state index in [1.165, 1.54) is 24.3 Å². The SMILES string of the molecule is C[C@]1(C(F)(F)F)ON1c1ccc(Cl)cc1. The number of anilines is 1. The van der Waals surface area contributed by atoms with Crippen molar-refractivity contribution in [2.75, 3.05) is 5.06 Å². The number of hydrogen-bond donors (Lipinski definition) is 0. The summed E-state index contributed by atoms with van der Waals surface area (Å²) in [6.07, 6.45) is -4.41. The molecule has 0 radical (unpaired) electrons. The van der Waals surface area contributed by atoms with Gasteiger partial charge in [0.25, 0.3) is 5.72 Å². The van der Waals surface area contributed by atoms with E-state index >= 15 is 0 Å². The lowest BCUT2D eigenvalue weighted by Gasteiger charge is -2.10. The molecule has 82 valence electrons. The van der Waals surface area contributed by atoms with Crippen molar-refractivity contribution in [2.45, 2.75) is 18.8 Å². The minimum absolute atomic E-state index is 0.333. The van der Waals surface area contributed by atoms with Crippen LogP contribution >= 0.6 is 11.6 Å². The van der Waals surface area contributed by atoms with Crippen molar-refractivity contribution >= 4 is 17.3 Å². The quantitative estimate of drug-likeness (QED) is 0.696. The molecule has 2 nitrogen and oxygen atoms in total. The standard InChI is InChI=1S/C9H7ClF3NO/c1-8(9(11,12)13)14(15-8)7-4-2-6(10)3-5-7/h2-5H,1H3/t8-,14?/m1/s1. The first-order valence-electron chi connectivity index (χ1n) is 4.16. The van der Waals surface area contributed by atoms with Crippen LogP contribution in [-0.2, 0) is 4.84 Å². The Morgan fingerprint density at radius 3 is 2.20 bits per heavy atom. The van der Waals surface area contributed by atoms with Gasteiger partial charge >= 0.3 is 6.18 Å². The van der Waals surface area contributed by atoms with Gasteiger partial charge in [-0.1, -0.05) is 11.6 Å². The third kappa shape index (κ3) is 1.66. The van der Waals surface area contributed by atoms with E-state index in [4.69, 9.17) is 11.6 Å². The lowest BCUT2D eigenvalue weighted by Crippen LogP contribution is -2.33. The van der Waals surface area contributed by atoms with Gasteiger partial charge in [-0.2, -0.15) is 13.2 Å². The molecule has 0 N–H and O–H groups in total. The average molecular weight is 238 g/mol. The monoisotopic (exact) mass is 237 g/mol. The third-order valence-corrected chi connectivity index (χ3v) is 2.46. The molecule has 0 amide bonds. The number of rotatable bonds is 1. The first-order chi connectivity index (χ1) is 6.84. The van der Waals surface area contributed by atoms with Crippen LogP contribution < -0.4 is 5.06 Å². The zero-order chi connectivity index (χ0) is 11.3.